The molecule has 13 heteroatoms. The van der Waals surface area contributed by atoms with Gasteiger partial charge in [0, 0.05) is 24.7 Å². The number of aryl methyl sites for hydroxylation is 1. The van der Waals surface area contributed by atoms with Gasteiger partial charge in [-0.15, -0.1) is 0 Å². The molecule has 2 aromatic carbocycles. The monoisotopic (exact) mass is 530 g/mol. The highest BCUT2D eigenvalue weighted by Crippen LogP contribution is 2.27. The lowest BCUT2D eigenvalue weighted by atomic mass is 10.1. The highest BCUT2D eigenvalue weighted by Gasteiger charge is 2.35. The van der Waals surface area contributed by atoms with Gasteiger partial charge in [-0.25, -0.2) is 13.5 Å². The van der Waals surface area contributed by atoms with Crippen molar-refractivity contribution >= 4 is 34.4 Å². The van der Waals surface area contributed by atoms with Crippen LogP contribution in [0.3, 0.4) is 0 Å². The van der Waals surface area contributed by atoms with Gasteiger partial charge >= 0.3 is 0 Å². The number of nitrogens with one attached hydrogen (secondary N) is 2. The van der Waals surface area contributed by atoms with Crippen molar-refractivity contribution in [2.75, 3.05) is 16.8 Å². The number of hydrogen-bond donors (Lipinski definition) is 2. The zero-order valence-corrected chi connectivity index (χ0v) is 20.4. The number of halogens is 2. The first kappa shape index (κ1) is 24.2. The third-order valence-corrected chi connectivity index (χ3v) is 6.41. The maximum absolute atomic E-state index is 13.4. The van der Waals surface area contributed by atoms with Crippen LogP contribution in [-0.2, 0) is 9.59 Å². The Kier molecular flexibility index (Phi) is 5.74. The molecule has 1 atom stereocenters. The smallest absolute Gasteiger partial charge is 0.263 e. The van der Waals surface area contributed by atoms with Gasteiger partial charge in [-0.05, 0) is 55.5 Å². The Morgan fingerprint density at radius 3 is 2.36 bits per heavy atom. The van der Waals surface area contributed by atoms with Gasteiger partial charge < -0.3 is 10.2 Å². The standard InChI is InChI=1S/C26H20F2N8O3/c1-14-10-21(30-24(38)15-11-22(37)34(13-15)18-6-2-16(27)3-7-18)36(33-14)26-31-23-20(25(39)32-26)12-29-35(23)19-8-4-17(28)5-9-19/h2-10,12,15H,11,13H2,1H3,(H,30,38)(H,31,32,39). The van der Waals surface area contributed by atoms with Crippen LogP contribution in [0.1, 0.15) is 12.1 Å². The van der Waals surface area contributed by atoms with E-state index in [9.17, 15) is 23.2 Å². The minimum absolute atomic E-state index is 0.0196. The molecule has 1 aliphatic rings. The van der Waals surface area contributed by atoms with Crippen LogP contribution in [0.2, 0.25) is 0 Å². The van der Waals surface area contributed by atoms with Crippen molar-refractivity contribution in [3.05, 3.63) is 88.5 Å². The van der Waals surface area contributed by atoms with E-state index >= 15 is 0 Å². The molecule has 1 fully saturated rings. The summed E-state index contributed by atoms with van der Waals surface area (Å²) in [6, 6.07) is 12.6. The van der Waals surface area contributed by atoms with E-state index in [1.165, 1.54) is 69.0 Å². The molecule has 0 saturated carbocycles. The van der Waals surface area contributed by atoms with Crippen LogP contribution < -0.4 is 15.8 Å². The maximum atomic E-state index is 13.4. The topological polar surface area (TPSA) is 131 Å². The molecule has 0 bridgehead atoms. The van der Waals surface area contributed by atoms with Gasteiger partial charge in [-0.2, -0.15) is 19.9 Å². The van der Waals surface area contributed by atoms with Crippen molar-refractivity contribution in [3.8, 4) is 11.6 Å². The summed E-state index contributed by atoms with van der Waals surface area (Å²) in [7, 11) is 0. The fourth-order valence-corrected chi connectivity index (χ4v) is 4.51. The zero-order valence-electron chi connectivity index (χ0n) is 20.4. The molecule has 11 nitrogen and oxygen atoms in total. The highest BCUT2D eigenvalue weighted by molar-refractivity contribution is 6.03. The lowest BCUT2D eigenvalue weighted by Crippen LogP contribution is -2.28. The van der Waals surface area contributed by atoms with E-state index in [0.717, 1.165) is 0 Å². The summed E-state index contributed by atoms with van der Waals surface area (Å²) in [6.07, 6.45) is 1.34. The number of carbonyl (C=O) groups excluding carboxylic acids is 2. The molecule has 2 amide bonds. The maximum Gasteiger partial charge on any atom is 0.263 e. The van der Waals surface area contributed by atoms with Crippen LogP contribution in [0, 0.1) is 24.5 Å². The molecule has 1 saturated heterocycles. The minimum Gasteiger partial charge on any atom is -0.312 e. The summed E-state index contributed by atoms with van der Waals surface area (Å²) in [5.41, 5.74) is 1.27. The van der Waals surface area contributed by atoms with Crippen molar-refractivity contribution in [2.24, 2.45) is 5.92 Å². The number of carbonyl (C=O) groups is 2. The molecule has 2 N–H and O–H groups in total. The second-order valence-electron chi connectivity index (χ2n) is 9.11. The van der Waals surface area contributed by atoms with Crippen LogP contribution in [0.15, 0.2) is 65.6 Å². The molecule has 3 aromatic heterocycles. The Hall–Kier alpha value is -5.20. The molecule has 6 rings (SSSR count). The summed E-state index contributed by atoms with van der Waals surface area (Å²) in [5, 5.41) is 11.6. The van der Waals surface area contributed by atoms with Crippen LogP contribution in [0.25, 0.3) is 22.7 Å². The zero-order chi connectivity index (χ0) is 27.3. The summed E-state index contributed by atoms with van der Waals surface area (Å²) < 4.78 is 29.4. The number of rotatable bonds is 5. The van der Waals surface area contributed by atoms with Crippen molar-refractivity contribution in [1.82, 2.24) is 29.5 Å². The fraction of sp³-hybridized carbons (Fsp3) is 0.154. The Balaban J connectivity index is 1.30. The second kappa shape index (κ2) is 9.28. The Morgan fingerprint density at radius 1 is 1.00 bits per heavy atom. The number of nitrogens with zero attached hydrogens (tertiary/aromatic N) is 6. The van der Waals surface area contributed by atoms with Crippen molar-refractivity contribution in [2.45, 2.75) is 13.3 Å². The molecular weight excluding hydrogens is 510 g/mol. The molecular formula is C26H20F2N8O3. The van der Waals surface area contributed by atoms with Gasteiger partial charge in [0.25, 0.3) is 5.56 Å². The molecule has 1 aliphatic heterocycles. The van der Waals surface area contributed by atoms with E-state index in [0.29, 0.717) is 17.1 Å². The predicted octanol–water partition coefficient (Wildman–Crippen LogP) is 2.87. The molecule has 4 heterocycles. The van der Waals surface area contributed by atoms with Gasteiger partial charge in [0.1, 0.15) is 22.8 Å². The SMILES string of the molecule is Cc1cc(NC(=O)C2CC(=O)N(c3ccc(F)cc3)C2)n(-c2nc3c(cnn3-c3ccc(F)cc3)c(=O)[nH]2)n1. The summed E-state index contributed by atoms with van der Waals surface area (Å²) in [4.78, 5) is 47.2. The normalized spacial score (nSPS) is 15.3. The summed E-state index contributed by atoms with van der Waals surface area (Å²) in [6.45, 7) is 1.84. The highest BCUT2D eigenvalue weighted by atomic mass is 19.1. The number of hydrogen-bond acceptors (Lipinski definition) is 6. The number of amides is 2. The van der Waals surface area contributed by atoms with Gasteiger partial charge in [-0.3, -0.25) is 19.4 Å². The molecule has 39 heavy (non-hydrogen) atoms. The molecule has 196 valence electrons. The molecule has 0 spiro atoms. The van der Waals surface area contributed by atoms with Crippen LogP contribution in [0.4, 0.5) is 20.3 Å². The second-order valence-corrected chi connectivity index (χ2v) is 9.11. The molecule has 0 aliphatic carbocycles. The minimum atomic E-state index is -0.666. The molecule has 0 radical (unpaired) electrons. The van der Waals surface area contributed by atoms with Gasteiger partial charge in [0.2, 0.25) is 17.8 Å². The average Bonchev–Trinajstić information content (AvgIpc) is 3.62. The van der Waals surface area contributed by atoms with E-state index in [-0.39, 0.29) is 41.7 Å². The number of aromatic amines is 1. The van der Waals surface area contributed by atoms with E-state index < -0.39 is 29.0 Å². The van der Waals surface area contributed by atoms with Gasteiger partial charge in [0.05, 0.1) is 23.5 Å². The predicted molar refractivity (Wildman–Crippen MR) is 137 cm³/mol. The van der Waals surface area contributed by atoms with Crippen molar-refractivity contribution in [1.29, 1.82) is 0 Å². The van der Waals surface area contributed by atoms with Crippen molar-refractivity contribution < 1.29 is 18.4 Å². The van der Waals surface area contributed by atoms with E-state index in [4.69, 9.17) is 0 Å². The number of H-pyrrole nitrogens is 1. The average molecular weight is 530 g/mol. The summed E-state index contributed by atoms with van der Waals surface area (Å²) >= 11 is 0. The van der Waals surface area contributed by atoms with Gasteiger partial charge in [-0.1, -0.05) is 0 Å². The lowest BCUT2D eigenvalue weighted by molar-refractivity contribution is -0.122. The number of benzene rings is 2. The van der Waals surface area contributed by atoms with Crippen molar-refractivity contribution in [3.63, 3.8) is 0 Å². The summed E-state index contributed by atoms with van der Waals surface area (Å²) in [5.74, 6) is -1.92. The van der Waals surface area contributed by atoms with E-state index in [2.05, 4.69) is 25.5 Å². The van der Waals surface area contributed by atoms with Crippen LogP contribution in [-0.4, -0.2) is 47.9 Å². The fourth-order valence-electron chi connectivity index (χ4n) is 4.51. The third kappa shape index (κ3) is 4.43. The van der Waals surface area contributed by atoms with Gasteiger partial charge in [0.15, 0.2) is 5.65 Å². The first-order valence-electron chi connectivity index (χ1n) is 11.9. The largest absolute Gasteiger partial charge is 0.312 e. The molecule has 1 unspecified atom stereocenters. The lowest BCUT2D eigenvalue weighted by Gasteiger charge is -2.16. The number of anilines is 2. The van der Waals surface area contributed by atoms with E-state index in [1.54, 1.807) is 13.0 Å². The quantitative estimate of drug-likeness (QED) is 0.359. The first-order chi connectivity index (χ1) is 18.8. The molecule has 5 aromatic rings. The van der Waals surface area contributed by atoms with Crippen LogP contribution in [0.5, 0.6) is 0 Å². The van der Waals surface area contributed by atoms with E-state index in [1.807, 2.05) is 0 Å². The Bertz CT molecular complexity index is 1790. The number of fused-ring (bicyclic) bond motifs is 1. The Morgan fingerprint density at radius 2 is 1.67 bits per heavy atom. The Labute approximate surface area is 218 Å². The first-order valence-corrected chi connectivity index (χ1v) is 11.9. The third-order valence-electron chi connectivity index (χ3n) is 6.41. The van der Waals surface area contributed by atoms with Crippen LogP contribution >= 0.6 is 0 Å². The number of aromatic nitrogens is 6.